The second kappa shape index (κ2) is 5.11. The normalized spacial score (nSPS) is 27.1. The van der Waals surface area contributed by atoms with Crippen molar-refractivity contribution in [2.24, 2.45) is 11.1 Å². The van der Waals surface area contributed by atoms with Crippen molar-refractivity contribution < 1.29 is 18.3 Å². The Labute approximate surface area is 113 Å². The molecule has 0 aliphatic carbocycles. The summed E-state index contributed by atoms with van der Waals surface area (Å²) in [7, 11) is -1.56. The highest BCUT2D eigenvalue weighted by Gasteiger charge is 2.47. The second-order valence-corrected chi connectivity index (χ2v) is 7.27. The summed E-state index contributed by atoms with van der Waals surface area (Å²) in [4.78, 5) is 0. The molecule has 0 saturated carbocycles. The van der Waals surface area contributed by atoms with Crippen LogP contribution in [0, 0.1) is 5.41 Å². The van der Waals surface area contributed by atoms with E-state index in [1.165, 1.54) is 0 Å². The van der Waals surface area contributed by atoms with E-state index in [1.807, 2.05) is 0 Å². The first kappa shape index (κ1) is 14.3. The number of sulfone groups is 1. The molecule has 1 saturated heterocycles. The van der Waals surface area contributed by atoms with Crippen LogP contribution in [0.5, 0.6) is 5.75 Å². The molecule has 3 N–H and O–H groups in total. The van der Waals surface area contributed by atoms with Crippen LogP contribution in [0.25, 0.3) is 0 Å². The lowest BCUT2D eigenvalue weighted by molar-refractivity contribution is 0.0470. The molecule has 1 aromatic rings. The number of rotatable bonds is 4. The minimum Gasteiger partial charge on any atom is -0.497 e. The van der Waals surface area contributed by atoms with Crippen molar-refractivity contribution in [3.63, 3.8) is 0 Å². The van der Waals surface area contributed by atoms with Gasteiger partial charge < -0.3 is 15.6 Å². The van der Waals surface area contributed by atoms with Crippen LogP contribution < -0.4 is 10.5 Å². The molecule has 0 bridgehead atoms. The summed E-state index contributed by atoms with van der Waals surface area (Å²) in [6.45, 7) is 0.143. The van der Waals surface area contributed by atoms with Crippen molar-refractivity contribution in [1.29, 1.82) is 0 Å². The van der Waals surface area contributed by atoms with E-state index in [0.29, 0.717) is 17.7 Å². The number of aliphatic hydroxyl groups excluding tert-OH is 1. The maximum absolute atomic E-state index is 11.7. The fourth-order valence-corrected chi connectivity index (χ4v) is 4.75. The number of aliphatic hydroxyl groups is 1. The SMILES string of the molecule is COc1cccc(C(O)C2(CN)CCS(=O)(=O)C2)c1. The first-order valence-electron chi connectivity index (χ1n) is 6.15. The molecule has 0 aromatic heterocycles. The van der Waals surface area contributed by atoms with Gasteiger partial charge in [0, 0.05) is 12.0 Å². The van der Waals surface area contributed by atoms with E-state index in [9.17, 15) is 13.5 Å². The molecule has 1 aromatic carbocycles. The highest BCUT2D eigenvalue weighted by Crippen LogP contribution is 2.43. The molecule has 1 aliphatic heterocycles. The van der Waals surface area contributed by atoms with E-state index < -0.39 is 21.4 Å². The lowest BCUT2D eigenvalue weighted by Crippen LogP contribution is -2.38. The summed E-state index contributed by atoms with van der Waals surface area (Å²) < 4.78 is 28.5. The Bertz CT molecular complexity index is 558. The minimum absolute atomic E-state index is 0.0606. The van der Waals surface area contributed by atoms with Gasteiger partial charge in [-0.25, -0.2) is 8.42 Å². The third-order valence-electron chi connectivity index (χ3n) is 3.81. The largest absolute Gasteiger partial charge is 0.497 e. The molecular formula is C13H19NO4S. The molecule has 1 heterocycles. The van der Waals surface area contributed by atoms with Crippen LogP contribution in [-0.2, 0) is 9.84 Å². The van der Waals surface area contributed by atoms with Gasteiger partial charge in [0.2, 0.25) is 0 Å². The maximum Gasteiger partial charge on any atom is 0.151 e. The fourth-order valence-electron chi connectivity index (χ4n) is 2.59. The molecule has 1 aliphatic rings. The first-order valence-corrected chi connectivity index (χ1v) is 7.97. The Kier molecular flexibility index (Phi) is 3.85. The first-order chi connectivity index (χ1) is 8.92. The van der Waals surface area contributed by atoms with Crippen LogP contribution in [0.1, 0.15) is 18.1 Å². The minimum atomic E-state index is -3.11. The number of benzene rings is 1. The van der Waals surface area contributed by atoms with Crippen molar-refractivity contribution in [3.05, 3.63) is 29.8 Å². The zero-order valence-corrected chi connectivity index (χ0v) is 11.7. The maximum atomic E-state index is 11.7. The van der Waals surface area contributed by atoms with Crippen molar-refractivity contribution in [1.82, 2.24) is 0 Å². The standard InChI is InChI=1S/C13H19NO4S/c1-18-11-4-2-3-10(7-11)12(15)13(8-14)5-6-19(16,17)9-13/h2-4,7,12,15H,5-6,8-9,14H2,1H3. The molecular weight excluding hydrogens is 266 g/mol. The van der Waals surface area contributed by atoms with Gasteiger partial charge in [0.05, 0.1) is 24.7 Å². The van der Waals surface area contributed by atoms with E-state index in [1.54, 1.807) is 31.4 Å². The number of hydrogen-bond acceptors (Lipinski definition) is 5. The quantitative estimate of drug-likeness (QED) is 0.840. The molecule has 0 amide bonds. The van der Waals surface area contributed by atoms with Crippen LogP contribution in [0.15, 0.2) is 24.3 Å². The molecule has 106 valence electrons. The molecule has 0 spiro atoms. The molecule has 5 nitrogen and oxygen atoms in total. The second-order valence-electron chi connectivity index (χ2n) is 5.09. The van der Waals surface area contributed by atoms with Crippen molar-refractivity contribution in [3.8, 4) is 5.75 Å². The van der Waals surface area contributed by atoms with Gasteiger partial charge in [-0.2, -0.15) is 0 Å². The third kappa shape index (κ3) is 2.75. The number of methoxy groups -OCH3 is 1. The zero-order valence-electron chi connectivity index (χ0n) is 10.9. The smallest absolute Gasteiger partial charge is 0.151 e. The van der Waals surface area contributed by atoms with Crippen molar-refractivity contribution in [2.75, 3.05) is 25.2 Å². The average Bonchev–Trinajstić information content (AvgIpc) is 2.75. The van der Waals surface area contributed by atoms with E-state index in [0.717, 1.165) is 0 Å². The van der Waals surface area contributed by atoms with Crippen LogP contribution >= 0.6 is 0 Å². The Morgan fingerprint density at radius 3 is 2.79 bits per heavy atom. The fraction of sp³-hybridized carbons (Fsp3) is 0.538. The van der Waals surface area contributed by atoms with E-state index in [2.05, 4.69) is 0 Å². The summed E-state index contributed by atoms with van der Waals surface area (Å²) >= 11 is 0. The average molecular weight is 285 g/mol. The summed E-state index contributed by atoms with van der Waals surface area (Å²) in [6, 6.07) is 7.02. The predicted octanol–water partition coefficient (Wildman–Crippen LogP) is 0.492. The van der Waals surface area contributed by atoms with Crippen LogP contribution in [-0.4, -0.2) is 38.7 Å². The molecule has 2 atom stereocenters. The molecule has 0 radical (unpaired) electrons. The van der Waals surface area contributed by atoms with Gasteiger partial charge in [0.25, 0.3) is 0 Å². The van der Waals surface area contributed by atoms with Crippen LogP contribution in [0.4, 0.5) is 0 Å². The summed E-state index contributed by atoms with van der Waals surface area (Å²) in [6.07, 6.45) is -0.505. The van der Waals surface area contributed by atoms with E-state index in [4.69, 9.17) is 10.5 Å². The zero-order chi connectivity index (χ0) is 14.1. The molecule has 1 fully saturated rings. The Morgan fingerprint density at radius 1 is 1.53 bits per heavy atom. The highest BCUT2D eigenvalue weighted by atomic mass is 32.2. The molecule has 2 unspecified atom stereocenters. The van der Waals surface area contributed by atoms with Crippen LogP contribution in [0.3, 0.4) is 0 Å². The Balaban J connectivity index is 2.33. The van der Waals surface area contributed by atoms with Gasteiger partial charge in [-0.3, -0.25) is 0 Å². The Morgan fingerprint density at radius 2 is 2.26 bits per heavy atom. The van der Waals surface area contributed by atoms with Crippen molar-refractivity contribution in [2.45, 2.75) is 12.5 Å². The molecule has 19 heavy (non-hydrogen) atoms. The summed E-state index contributed by atoms with van der Waals surface area (Å²) in [5, 5.41) is 10.5. The van der Waals surface area contributed by atoms with Gasteiger partial charge in [0.15, 0.2) is 9.84 Å². The lowest BCUT2D eigenvalue weighted by Gasteiger charge is -2.32. The number of nitrogens with two attached hydrogens (primary N) is 1. The Hall–Kier alpha value is -1.11. The lowest BCUT2D eigenvalue weighted by atomic mass is 9.78. The highest BCUT2D eigenvalue weighted by molar-refractivity contribution is 7.91. The predicted molar refractivity (Wildman–Crippen MR) is 72.7 cm³/mol. The van der Waals surface area contributed by atoms with Crippen LogP contribution in [0.2, 0.25) is 0 Å². The van der Waals surface area contributed by atoms with E-state index in [-0.39, 0.29) is 18.1 Å². The van der Waals surface area contributed by atoms with E-state index >= 15 is 0 Å². The monoisotopic (exact) mass is 285 g/mol. The topological polar surface area (TPSA) is 89.6 Å². The van der Waals surface area contributed by atoms with Gasteiger partial charge in [0.1, 0.15) is 5.75 Å². The molecule has 2 rings (SSSR count). The summed E-state index contributed by atoms with van der Waals surface area (Å²) in [5.41, 5.74) is 5.60. The number of hydrogen-bond donors (Lipinski definition) is 2. The molecule has 6 heteroatoms. The van der Waals surface area contributed by atoms with Crippen molar-refractivity contribution >= 4 is 9.84 Å². The third-order valence-corrected chi connectivity index (χ3v) is 5.66. The van der Waals surface area contributed by atoms with Gasteiger partial charge in [-0.15, -0.1) is 0 Å². The summed E-state index contributed by atoms with van der Waals surface area (Å²) in [5.74, 6) is 0.657. The van der Waals surface area contributed by atoms with Gasteiger partial charge >= 0.3 is 0 Å². The number of ether oxygens (including phenoxy) is 1. The van der Waals surface area contributed by atoms with Gasteiger partial charge in [-0.05, 0) is 24.1 Å². The van der Waals surface area contributed by atoms with Gasteiger partial charge in [-0.1, -0.05) is 12.1 Å².